The maximum Gasteiger partial charge on any atom is 0.262 e. The number of fused-ring (bicyclic) bond motifs is 1. The van der Waals surface area contributed by atoms with E-state index in [0.717, 1.165) is 15.8 Å². The van der Waals surface area contributed by atoms with Gasteiger partial charge in [0.2, 0.25) is 0 Å². The van der Waals surface area contributed by atoms with Crippen LogP contribution in [-0.2, 0) is 7.05 Å². The lowest BCUT2D eigenvalue weighted by Crippen LogP contribution is -2.26. The molecule has 1 N–H and O–H groups in total. The highest BCUT2D eigenvalue weighted by molar-refractivity contribution is 9.10. The van der Waals surface area contributed by atoms with Crippen molar-refractivity contribution in [3.63, 3.8) is 0 Å². The highest BCUT2D eigenvalue weighted by atomic mass is 79.9. The average Bonchev–Trinajstić information content (AvgIpc) is 2.95. The van der Waals surface area contributed by atoms with Gasteiger partial charge in [-0.2, -0.15) is 0 Å². The summed E-state index contributed by atoms with van der Waals surface area (Å²) in [5, 5.41) is 3.49. The minimum Gasteiger partial charge on any atom is -0.496 e. The van der Waals surface area contributed by atoms with Crippen molar-refractivity contribution in [3.05, 3.63) is 55.4 Å². The van der Waals surface area contributed by atoms with Gasteiger partial charge in [0, 0.05) is 7.05 Å². The van der Waals surface area contributed by atoms with E-state index in [0.29, 0.717) is 20.7 Å². The molecule has 0 saturated carbocycles. The number of amides is 1. The quantitative estimate of drug-likeness (QED) is 0.679. The number of nitrogens with one attached hydrogen (secondary N) is 1. The first kappa shape index (κ1) is 18.6. The fourth-order valence-corrected chi connectivity index (χ4v) is 4.32. The molecule has 1 amide bonds. The Labute approximate surface area is 163 Å². The third-order valence-electron chi connectivity index (χ3n) is 4.24. The molecule has 2 aromatic heterocycles. The summed E-state index contributed by atoms with van der Waals surface area (Å²) >= 11 is 4.69. The standard InChI is InChI=1S/C18H18BrN3O3S/c1-9-14-17(20-8-22(3)18(14)24)26-15(9)16(23)21-10(2)11-5-6-13(25-4)12(19)7-11/h5-8,10H,1-4H3,(H,21,23). The summed E-state index contributed by atoms with van der Waals surface area (Å²) < 4.78 is 7.47. The second-order valence-electron chi connectivity index (χ2n) is 5.99. The molecule has 6 nitrogen and oxygen atoms in total. The molecule has 0 bridgehead atoms. The Morgan fingerprint density at radius 2 is 2.15 bits per heavy atom. The Bertz CT molecular complexity index is 1060. The van der Waals surface area contributed by atoms with Gasteiger partial charge in [0.05, 0.1) is 34.2 Å². The van der Waals surface area contributed by atoms with Crippen LogP contribution in [0, 0.1) is 6.92 Å². The van der Waals surface area contributed by atoms with E-state index in [9.17, 15) is 9.59 Å². The van der Waals surface area contributed by atoms with Crippen molar-refractivity contribution in [1.29, 1.82) is 0 Å². The van der Waals surface area contributed by atoms with Gasteiger partial charge in [-0.05, 0) is 53.0 Å². The lowest BCUT2D eigenvalue weighted by molar-refractivity contribution is 0.0943. The van der Waals surface area contributed by atoms with Crippen molar-refractivity contribution in [2.45, 2.75) is 19.9 Å². The number of ether oxygens (including phenoxy) is 1. The number of nitrogens with zero attached hydrogens (tertiary/aromatic N) is 2. The summed E-state index contributed by atoms with van der Waals surface area (Å²) in [5.74, 6) is 0.515. The number of carbonyl (C=O) groups excluding carboxylic acids is 1. The lowest BCUT2D eigenvalue weighted by Gasteiger charge is -2.15. The molecule has 8 heteroatoms. The van der Waals surface area contributed by atoms with E-state index < -0.39 is 0 Å². The zero-order valence-corrected chi connectivity index (χ0v) is 17.2. The first-order chi connectivity index (χ1) is 12.3. The van der Waals surface area contributed by atoms with Crippen LogP contribution in [0.4, 0.5) is 0 Å². The summed E-state index contributed by atoms with van der Waals surface area (Å²) in [6, 6.07) is 5.47. The zero-order valence-electron chi connectivity index (χ0n) is 14.8. The van der Waals surface area contributed by atoms with Crippen LogP contribution in [0.25, 0.3) is 10.2 Å². The lowest BCUT2D eigenvalue weighted by atomic mass is 10.1. The smallest absolute Gasteiger partial charge is 0.262 e. The molecule has 3 aromatic rings. The van der Waals surface area contributed by atoms with Crippen molar-refractivity contribution in [1.82, 2.24) is 14.9 Å². The van der Waals surface area contributed by atoms with Crippen LogP contribution < -0.4 is 15.6 Å². The van der Waals surface area contributed by atoms with Gasteiger partial charge in [-0.1, -0.05) is 6.07 Å². The van der Waals surface area contributed by atoms with E-state index in [1.165, 1.54) is 22.2 Å². The van der Waals surface area contributed by atoms with Gasteiger partial charge in [0.25, 0.3) is 11.5 Å². The predicted octanol–water partition coefficient (Wildman–Crippen LogP) is 3.57. The van der Waals surface area contributed by atoms with Crippen LogP contribution in [0.1, 0.15) is 33.8 Å². The number of halogens is 1. The van der Waals surface area contributed by atoms with E-state index >= 15 is 0 Å². The molecule has 3 rings (SSSR count). The summed E-state index contributed by atoms with van der Waals surface area (Å²) in [7, 11) is 3.25. The number of hydrogen-bond acceptors (Lipinski definition) is 5. The number of carbonyl (C=O) groups is 1. The Balaban J connectivity index is 1.89. The van der Waals surface area contributed by atoms with E-state index in [1.807, 2.05) is 25.1 Å². The SMILES string of the molecule is COc1ccc(C(C)NC(=O)c2sc3ncn(C)c(=O)c3c2C)cc1Br. The molecule has 0 aliphatic carbocycles. The molecule has 26 heavy (non-hydrogen) atoms. The Hall–Kier alpha value is -2.19. The maximum atomic E-state index is 12.7. The van der Waals surface area contributed by atoms with Crippen LogP contribution >= 0.6 is 27.3 Å². The number of aryl methyl sites for hydroxylation is 2. The fourth-order valence-electron chi connectivity index (χ4n) is 2.72. The van der Waals surface area contributed by atoms with Crippen molar-refractivity contribution in [3.8, 4) is 5.75 Å². The minimum absolute atomic E-state index is 0.144. The van der Waals surface area contributed by atoms with Gasteiger partial charge < -0.3 is 14.6 Å². The van der Waals surface area contributed by atoms with E-state index in [2.05, 4.69) is 26.2 Å². The topological polar surface area (TPSA) is 73.2 Å². The second kappa shape index (κ2) is 7.20. The van der Waals surface area contributed by atoms with Crippen LogP contribution in [0.3, 0.4) is 0 Å². The molecule has 0 spiro atoms. The van der Waals surface area contributed by atoms with Crippen LogP contribution in [0.15, 0.2) is 33.8 Å². The van der Waals surface area contributed by atoms with Crippen molar-refractivity contribution in [2.75, 3.05) is 7.11 Å². The molecule has 1 atom stereocenters. The third kappa shape index (κ3) is 3.26. The van der Waals surface area contributed by atoms with Gasteiger partial charge in [-0.3, -0.25) is 9.59 Å². The molecule has 136 valence electrons. The molecule has 0 aliphatic rings. The van der Waals surface area contributed by atoms with Gasteiger partial charge >= 0.3 is 0 Å². The molecule has 1 aromatic carbocycles. The number of rotatable bonds is 4. The van der Waals surface area contributed by atoms with Crippen molar-refractivity contribution < 1.29 is 9.53 Å². The Kier molecular flexibility index (Phi) is 5.15. The van der Waals surface area contributed by atoms with E-state index in [-0.39, 0.29) is 17.5 Å². The second-order valence-corrected chi connectivity index (χ2v) is 7.84. The summed E-state index contributed by atoms with van der Waals surface area (Å²) in [6.07, 6.45) is 1.47. The van der Waals surface area contributed by atoms with Crippen molar-refractivity contribution >= 4 is 43.4 Å². The number of benzene rings is 1. The van der Waals surface area contributed by atoms with E-state index in [4.69, 9.17) is 4.74 Å². The highest BCUT2D eigenvalue weighted by Crippen LogP contribution is 2.30. The van der Waals surface area contributed by atoms with Crippen LogP contribution in [0.5, 0.6) is 5.75 Å². The zero-order chi connectivity index (χ0) is 19.0. The average molecular weight is 436 g/mol. The number of hydrogen-bond donors (Lipinski definition) is 1. The van der Waals surface area contributed by atoms with Gasteiger partial charge in [-0.15, -0.1) is 11.3 Å². The third-order valence-corrected chi connectivity index (χ3v) is 6.06. The maximum absolute atomic E-state index is 12.7. The number of thiophene rings is 1. The van der Waals surface area contributed by atoms with E-state index in [1.54, 1.807) is 21.1 Å². The molecule has 1 unspecified atom stereocenters. The molecular formula is C18H18BrN3O3S. The largest absolute Gasteiger partial charge is 0.496 e. The number of aromatic nitrogens is 2. The number of methoxy groups -OCH3 is 1. The molecule has 0 aliphatic heterocycles. The first-order valence-corrected chi connectivity index (χ1v) is 9.53. The summed E-state index contributed by atoms with van der Waals surface area (Å²) in [5.41, 5.74) is 1.47. The Morgan fingerprint density at radius 1 is 1.42 bits per heavy atom. The van der Waals surface area contributed by atoms with Crippen LogP contribution in [0.2, 0.25) is 0 Å². The highest BCUT2D eigenvalue weighted by Gasteiger charge is 2.21. The van der Waals surface area contributed by atoms with Crippen LogP contribution in [-0.4, -0.2) is 22.6 Å². The van der Waals surface area contributed by atoms with Gasteiger partial charge in [-0.25, -0.2) is 4.98 Å². The van der Waals surface area contributed by atoms with Gasteiger partial charge in [0.15, 0.2) is 0 Å². The van der Waals surface area contributed by atoms with Gasteiger partial charge in [0.1, 0.15) is 10.6 Å². The molecule has 0 saturated heterocycles. The first-order valence-electron chi connectivity index (χ1n) is 7.92. The molecular weight excluding hydrogens is 418 g/mol. The normalized spacial score (nSPS) is 12.2. The fraction of sp³-hybridized carbons (Fsp3) is 0.278. The van der Waals surface area contributed by atoms with Crippen molar-refractivity contribution in [2.24, 2.45) is 7.05 Å². The molecule has 0 fully saturated rings. The monoisotopic (exact) mass is 435 g/mol. The minimum atomic E-state index is -0.216. The predicted molar refractivity (Wildman–Crippen MR) is 106 cm³/mol. The molecule has 2 heterocycles. The molecule has 0 radical (unpaired) electrons. The summed E-state index contributed by atoms with van der Waals surface area (Å²) in [4.78, 5) is 30.4. The Morgan fingerprint density at radius 3 is 2.81 bits per heavy atom. The summed E-state index contributed by atoms with van der Waals surface area (Å²) in [6.45, 7) is 3.69.